The molecule has 0 bridgehead atoms. The number of hydrogen-bond donors (Lipinski definition) is 1. The zero-order chi connectivity index (χ0) is 18.0. The van der Waals surface area contributed by atoms with Gasteiger partial charge in [-0.3, -0.25) is 9.59 Å². The molecule has 0 saturated carbocycles. The van der Waals surface area contributed by atoms with Crippen molar-refractivity contribution in [1.29, 1.82) is 0 Å². The lowest BCUT2D eigenvalue weighted by molar-refractivity contribution is -0.140. The van der Waals surface area contributed by atoms with Crippen LogP contribution >= 0.6 is 11.6 Å². The Balaban J connectivity index is 1.64. The molecular weight excluding hydrogens is 340 g/mol. The minimum atomic E-state index is -0.513. The molecule has 0 aliphatic carbocycles. The molecule has 5 nitrogen and oxygen atoms in total. The number of aliphatic hydroxyl groups excluding tert-OH is 1. The Morgan fingerprint density at radius 2 is 1.96 bits per heavy atom. The highest BCUT2D eigenvalue weighted by Gasteiger charge is 2.42. The number of hydrogen-bond acceptors (Lipinski definition) is 3. The first-order valence-corrected chi connectivity index (χ1v) is 9.28. The summed E-state index contributed by atoms with van der Waals surface area (Å²) in [5.41, 5.74) is 0.620. The molecule has 2 aliphatic heterocycles. The summed E-state index contributed by atoms with van der Waals surface area (Å²) in [5, 5.41) is 10.1. The average Bonchev–Trinajstić information content (AvgIpc) is 2.58. The van der Waals surface area contributed by atoms with Gasteiger partial charge >= 0.3 is 0 Å². The Morgan fingerprint density at radius 3 is 2.60 bits per heavy atom. The number of amides is 2. The molecule has 0 aromatic heterocycles. The number of aliphatic hydroxyl groups is 1. The highest BCUT2D eigenvalue weighted by molar-refractivity contribution is 6.33. The third-order valence-electron chi connectivity index (χ3n) is 5.45. The predicted molar refractivity (Wildman–Crippen MR) is 96.5 cm³/mol. The molecule has 0 radical (unpaired) electrons. The molecule has 136 valence electrons. The van der Waals surface area contributed by atoms with Gasteiger partial charge in [-0.05, 0) is 43.7 Å². The van der Waals surface area contributed by atoms with E-state index in [0.717, 1.165) is 19.3 Å². The quantitative estimate of drug-likeness (QED) is 0.896. The summed E-state index contributed by atoms with van der Waals surface area (Å²) < 4.78 is 0. The molecule has 2 amide bonds. The topological polar surface area (TPSA) is 60.9 Å². The fourth-order valence-electron chi connectivity index (χ4n) is 3.98. The minimum Gasteiger partial charge on any atom is -0.392 e. The number of halogens is 1. The van der Waals surface area contributed by atoms with Gasteiger partial charge in [-0.2, -0.15) is 0 Å². The summed E-state index contributed by atoms with van der Waals surface area (Å²) >= 11 is 6.15. The van der Waals surface area contributed by atoms with Gasteiger partial charge in [0.15, 0.2) is 0 Å². The molecular formula is C19H25ClN2O3. The van der Waals surface area contributed by atoms with Crippen molar-refractivity contribution in [2.24, 2.45) is 5.41 Å². The number of β-amino-alcohol motifs (C(OH)–C–C–N with tert-alkyl or cyclic N) is 1. The maximum absolute atomic E-state index is 12.7. The number of benzene rings is 1. The second kappa shape index (κ2) is 7.34. The lowest BCUT2D eigenvalue weighted by Gasteiger charge is -2.47. The molecule has 25 heavy (non-hydrogen) atoms. The van der Waals surface area contributed by atoms with Gasteiger partial charge in [0.25, 0.3) is 5.91 Å². The lowest BCUT2D eigenvalue weighted by Crippen LogP contribution is -2.53. The van der Waals surface area contributed by atoms with Gasteiger partial charge in [0, 0.05) is 32.6 Å². The second-order valence-electron chi connectivity index (χ2n) is 7.40. The van der Waals surface area contributed by atoms with E-state index in [1.54, 1.807) is 24.0 Å². The van der Waals surface area contributed by atoms with Crippen molar-refractivity contribution in [1.82, 2.24) is 9.80 Å². The Labute approximate surface area is 153 Å². The van der Waals surface area contributed by atoms with Crippen LogP contribution in [0, 0.1) is 5.41 Å². The van der Waals surface area contributed by atoms with E-state index in [1.807, 2.05) is 17.0 Å². The van der Waals surface area contributed by atoms with Gasteiger partial charge in [0.1, 0.15) is 0 Å². The molecule has 1 unspecified atom stereocenters. The van der Waals surface area contributed by atoms with Gasteiger partial charge < -0.3 is 14.9 Å². The van der Waals surface area contributed by atoms with E-state index < -0.39 is 6.10 Å². The van der Waals surface area contributed by atoms with Crippen LogP contribution in [0.5, 0.6) is 0 Å². The van der Waals surface area contributed by atoms with Crippen molar-refractivity contribution in [3.63, 3.8) is 0 Å². The molecule has 6 heteroatoms. The van der Waals surface area contributed by atoms with Crippen molar-refractivity contribution in [2.75, 3.05) is 26.2 Å². The summed E-state index contributed by atoms with van der Waals surface area (Å²) in [6.07, 6.45) is 2.65. The van der Waals surface area contributed by atoms with Crippen LogP contribution < -0.4 is 0 Å². The summed E-state index contributed by atoms with van der Waals surface area (Å²) in [4.78, 5) is 28.4. The molecule has 1 spiro atoms. The Morgan fingerprint density at radius 1 is 1.28 bits per heavy atom. The fraction of sp³-hybridized carbons (Fsp3) is 0.579. The van der Waals surface area contributed by atoms with E-state index in [9.17, 15) is 14.7 Å². The third-order valence-corrected chi connectivity index (χ3v) is 5.78. The van der Waals surface area contributed by atoms with Crippen molar-refractivity contribution in [2.45, 2.75) is 38.7 Å². The summed E-state index contributed by atoms with van der Waals surface area (Å²) in [6.45, 7) is 4.15. The van der Waals surface area contributed by atoms with Crippen LogP contribution in [0.4, 0.5) is 0 Å². The summed E-state index contributed by atoms with van der Waals surface area (Å²) in [6, 6.07) is 7.14. The largest absolute Gasteiger partial charge is 0.392 e. The zero-order valence-electron chi connectivity index (χ0n) is 14.6. The SMILES string of the molecule is CC(O)CN1CC2(CCC1=O)CCN(C(=O)c1ccccc1Cl)CC2. The standard InChI is InChI=1S/C19H25ClN2O3/c1-14(23)12-22-13-19(7-6-17(22)24)8-10-21(11-9-19)18(25)15-4-2-3-5-16(15)20/h2-5,14,23H,6-13H2,1H3. The molecule has 2 heterocycles. The monoisotopic (exact) mass is 364 g/mol. The maximum Gasteiger partial charge on any atom is 0.255 e. The van der Waals surface area contributed by atoms with E-state index in [0.29, 0.717) is 43.2 Å². The van der Waals surface area contributed by atoms with Crippen LogP contribution in [-0.4, -0.2) is 59.0 Å². The van der Waals surface area contributed by atoms with E-state index >= 15 is 0 Å². The lowest BCUT2D eigenvalue weighted by atomic mass is 9.72. The van der Waals surface area contributed by atoms with Crippen molar-refractivity contribution >= 4 is 23.4 Å². The van der Waals surface area contributed by atoms with Crippen LogP contribution in [0.15, 0.2) is 24.3 Å². The van der Waals surface area contributed by atoms with Crippen LogP contribution in [0.3, 0.4) is 0 Å². The maximum atomic E-state index is 12.7. The average molecular weight is 365 g/mol. The van der Waals surface area contributed by atoms with Crippen LogP contribution in [0.25, 0.3) is 0 Å². The molecule has 3 rings (SSSR count). The molecule has 2 fully saturated rings. The van der Waals surface area contributed by atoms with Gasteiger partial charge in [0.05, 0.1) is 16.7 Å². The minimum absolute atomic E-state index is 0.0202. The number of likely N-dealkylation sites (tertiary alicyclic amines) is 2. The van der Waals surface area contributed by atoms with E-state index in [4.69, 9.17) is 11.6 Å². The Kier molecular flexibility index (Phi) is 5.35. The van der Waals surface area contributed by atoms with Crippen molar-refractivity contribution in [3.8, 4) is 0 Å². The Hall–Kier alpha value is -1.59. The van der Waals surface area contributed by atoms with Crippen molar-refractivity contribution in [3.05, 3.63) is 34.9 Å². The summed E-state index contributed by atoms with van der Waals surface area (Å²) in [7, 11) is 0. The van der Waals surface area contributed by atoms with Crippen LogP contribution in [-0.2, 0) is 4.79 Å². The molecule has 1 aromatic carbocycles. The number of nitrogens with zero attached hydrogens (tertiary/aromatic N) is 2. The molecule has 2 aliphatic rings. The molecule has 1 atom stereocenters. The Bertz CT molecular complexity index is 654. The first-order chi connectivity index (χ1) is 11.9. The first kappa shape index (κ1) is 18.2. The van der Waals surface area contributed by atoms with Crippen molar-refractivity contribution < 1.29 is 14.7 Å². The predicted octanol–water partition coefficient (Wildman–Crippen LogP) is 2.57. The number of carbonyl (C=O) groups excluding carboxylic acids is 2. The summed E-state index contributed by atoms with van der Waals surface area (Å²) in [5.74, 6) is 0.106. The van der Waals surface area contributed by atoms with E-state index in [2.05, 4.69) is 0 Å². The number of carbonyl (C=O) groups is 2. The van der Waals surface area contributed by atoms with Gasteiger partial charge in [0.2, 0.25) is 5.91 Å². The number of rotatable bonds is 3. The van der Waals surface area contributed by atoms with Gasteiger partial charge in [-0.1, -0.05) is 23.7 Å². The number of piperidine rings is 2. The molecule has 1 N–H and O–H groups in total. The normalized spacial score (nSPS) is 21.5. The van der Waals surface area contributed by atoms with Crippen LogP contribution in [0.2, 0.25) is 5.02 Å². The van der Waals surface area contributed by atoms with Gasteiger partial charge in [-0.25, -0.2) is 0 Å². The zero-order valence-corrected chi connectivity index (χ0v) is 15.3. The fourth-order valence-corrected chi connectivity index (χ4v) is 4.20. The van der Waals surface area contributed by atoms with Crippen LogP contribution in [0.1, 0.15) is 43.0 Å². The van der Waals surface area contributed by atoms with Gasteiger partial charge in [-0.15, -0.1) is 0 Å². The molecule has 2 saturated heterocycles. The third kappa shape index (κ3) is 3.98. The molecule has 1 aromatic rings. The first-order valence-electron chi connectivity index (χ1n) is 8.90. The van der Waals surface area contributed by atoms with E-state index in [-0.39, 0.29) is 17.2 Å². The highest BCUT2D eigenvalue weighted by atomic mass is 35.5. The smallest absolute Gasteiger partial charge is 0.255 e. The second-order valence-corrected chi connectivity index (χ2v) is 7.80. The van der Waals surface area contributed by atoms with E-state index in [1.165, 1.54) is 0 Å². The highest BCUT2D eigenvalue weighted by Crippen LogP contribution is 2.40.